The Kier molecular flexibility index (Phi) is 4.51. The largest absolute Gasteiger partial charge is 0.480 e. The van der Waals surface area contributed by atoms with Gasteiger partial charge in [0.2, 0.25) is 10.0 Å². The van der Waals surface area contributed by atoms with E-state index in [1.165, 1.54) is 22.5 Å². The molecule has 21 heavy (non-hydrogen) atoms. The van der Waals surface area contributed by atoms with Gasteiger partial charge in [-0.15, -0.1) is 0 Å². The van der Waals surface area contributed by atoms with Crippen LogP contribution in [0.1, 0.15) is 6.92 Å². The molecule has 1 N–H and O–H groups in total. The molecule has 1 aromatic rings. The van der Waals surface area contributed by atoms with Crippen molar-refractivity contribution in [2.45, 2.75) is 17.4 Å². The van der Waals surface area contributed by atoms with Gasteiger partial charge in [-0.05, 0) is 25.1 Å². The molecule has 0 bridgehead atoms. The summed E-state index contributed by atoms with van der Waals surface area (Å²) in [6.07, 6.45) is 0. The molecule has 0 saturated carbocycles. The van der Waals surface area contributed by atoms with E-state index in [2.05, 4.69) is 0 Å². The van der Waals surface area contributed by atoms with E-state index in [-0.39, 0.29) is 28.0 Å². The third-order valence-corrected chi connectivity index (χ3v) is 5.25. The van der Waals surface area contributed by atoms with Crippen LogP contribution < -0.4 is 0 Å². The standard InChI is InChI=1S/C12H13Cl2NO5S/c1-12(20-5-11(16)17)6-15(7-12)21(18,19)10-3-8(13)2-9(14)4-10/h2-4H,5-7H2,1H3,(H,16,17). The zero-order valence-electron chi connectivity index (χ0n) is 11.0. The van der Waals surface area contributed by atoms with Gasteiger partial charge >= 0.3 is 5.97 Å². The van der Waals surface area contributed by atoms with Gasteiger partial charge in [0.05, 0.1) is 10.5 Å². The van der Waals surface area contributed by atoms with Crippen LogP contribution >= 0.6 is 23.2 Å². The van der Waals surface area contributed by atoms with E-state index in [1.54, 1.807) is 6.92 Å². The molecule has 116 valence electrons. The number of ether oxygens (including phenoxy) is 1. The smallest absolute Gasteiger partial charge is 0.329 e. The van der Waals surface area contributed by atoms with Crippen molar-refractivity contribution in [1.29, 1.82) is 0 Å². The van der Waals surface area contributed by atoms with Crippen molar-refractivity contribution in [3.05, 3.63) is 28.2 Å². The molecule has 1 aromatic carbocycles. The molecule has 1 aliphatic heterocycles. The number of carboxylic acids is 1. The van der Waals surface area contributed by atoms with E-state index in [4.69, 9.17) is 33.0 Å². The van der Waals surface area contributed by atoms with E-state index >= 15 is 0 Å². The molecule has 0 aromatic heterocycles. The van der Waals surface area contributed by atoms with Gasteiger partial charge in [-0.3, -0.25) is 0 Å². The second kappa shape index (κ2) is 5.73. The number of rotatable bonds is 5. The van der Waals surface area contributed by atoms with Crippen molar-refractivity contribution in [3.8, 4) is 0 Å². The Balaban J connectivity index is 2.11. The third kappa shape index (κ3) is 3.67. The molecule has 0 unspecified atom stereocenters. The maximum atomic E-state index is 12.4. The van der Waals surface area contributed by atoms with Crippen LogP contribution in [0.15, 0.2) is 23.1 Å². The third-order valence-electron chi connectivity index (χ3n) is 3.04. The van der Waals surface area contributed by atoms with Gasteiger partial charge in [0.25, 0.3) is 0 Å². The van der Waals surface area contributed by atoms with Crippen LogP contribution in [0.4, 0.5) is 0 Å². The Labute approximate surface area is 132 Å². The average molecular weight is 354 g/mol. The topological polar surface area (TPSA) is 83.9 Å². The lowest BCUT2D eigenvalue weighted by Gasteiger charge is -2.46. The first-order valence-electron chi connectivity index (χ1n) is 5.94. The maximum absolute atomic E-state index is 12.4. The Bertz CT molecular complexity index is 650. The fourth-order valence-corrected chi connectivity index (χ4v) is 4.42. The van der Waals surface area contributed by atoms with Crippen LogP contribution in [-0.4, -0.2) is 49.1 Å². The molecular formula is C12H13Cl2NO5S. The number of halogens is 2. The van der Waals surface area contributed by atoms with Gasteiger partial charge < -0.3 is 9.84 Å². The van der Waals surface area contributed by atoms with Gasteiger partial charge in [0, 0.05) is 23.1 Å². The Morgan fingerprint density at radius 3 is 2.33 bits per heavy atom. The van der Waals surface area contributed by atoms with Crippen molar-refractivity contribution < 1.29 is 23.1 Å². The molecule has 1 saturated heterocycles. The number of sulfonamides is 1. The molecule has 6 nitrogen and oxygen atoms in total. The van der Waals surface area contributed by atoms with Crippen LogP contribution in [0.25, 0.3) is 0 Å². The summed E-state index contributed by atoms with van der Waals surface area (Å²) in [5, 5.41) is 9.03. The van der Waals surface area contributed by atoms with Gasteiger partial charge in [0.1, 0.15) is 6.61 Å². The summed E-state index contributed by atoms with van der Waals surface area (Å²) >= 11 is 11.6. The summed E-state index contributed by atoms with van der Waals surface area (Å²) in [4.78, 5) is 10.5. The fraction of sp³-hybridized carbons (Fsp3) is 0.417. The Morgan fingerprint density at radius 1 is 1.33 bits per heavy atom. The summed E-state index contributed by atoms with van der Waals surface area (Å²) < 4.78 is 31.1. The van der Waals surface area contributed by atoms with Crippen LogP contribution in [0.3, 0.4) is 0 Å². The SMILES string of the molecule is CC1(OCC(=O)O)CN(S(=O)(=O)c2cc(Cl)cc(Cl)c2)C1. The first-order chi connectivity index (χ1) is 9.62. The number of nitrogens with zero attached hydrogens (tertiary/aromatic N) is 1. The summed E-state index contributed by atoms with van der Waals surface area (Å²) in [7, 11) is -3.72. The highest BCUT2D eigenvalue weighted by Gasteiger charge is 2.46. The number of carboxylic acid groups (broad SMARTS) is 1. The van der Waals surface area contributed by atoms with Gasteiger partial charge in [0.15, 0.2) is 0 Å². The lowest BCUT2D eigenvalue weighted by Crippen LogP contribution is -2.63. The van der Waals surface area contributed by atoms with Gasteiger partial charge in [-0.25, -0.2) is 13.2 Å². The number of hydrogen-bond acceptors (Lipinski definition) is 4. The number of aliphatic carboxylic acids is 1. The molecule has 0 aliphatic carbocycles. The quantitative estimate of drug-likeness (QED) is 0.873. The Hall–Kier alpha value is -0.860. The van der Waals surface area contributed by atoms with Crippen LogP contribution in [0.5, 0.6) is 0 Å². The molecule has 0 atom stereocenters. The normalized spacial score (nSPS) is 18.2. The predicted octanol–water partition coefficient (Wildman–Crippen LogP) is 1.86. The zero-order valence-corrected chi connectivity index (χ0v) is 13.4. The summed E-state index contributed by atoms with van der Waals surface area (Å²) in [5.74, 6) is -1.10. The van der Waals surface area contributed by atoms with Gasteiger partial charge in [-0.1, -0.05) is 23.2 Å². The predicted molar refractivity (Wildman–Crippen MR) is 77.2 cm³/mol. The maximum Gasteiger partial charge on any atom is 0.329 e. The van der Waals surface area contributed by atoms with E-state index in [9.17, 15) is 13.2 Å². The van der Waals surface area contributed by atoms with Crippen LogP contribution in [0, 0.1) is 0 Å². The number of benzene rings is 1. The van der Waals surface area contributed by atoms with E-state index in [0.717, 1.165) is 0 Å². The highest BCUT2D eigenvalue weighted by Crippen LogP contribution is 2.32. The fourth-order valence-electron chi connectivity index (χ4n) is 2.02. The number of hydrogen-bond donors (Lipinski definition) is 1. The van der Waals surface area contributed by atoms with E-state index < -0.39 is 28.2 Å². The van der Waals surface area contributed by atoms with Crippen molar-refractivity contribution in [2.24, 2.45) is 0 Å². The van der Waals surface area contributed by atoms with E-state index in [1.807, 2.05) is 0 Å². The molecule has 1 fully saturated rings. The highest BCUT2D eigenvalue weighted by atomic mass is 35.5. The summed E-state index contributed by atoms with van der Waals surface area (Å²) in [5.41, 5.74) is -0.798. The molecule has 1 heterocycles. The second-order valence-electron chi connectivity index (χ2n) is 5.01. The van der Waals surface area contributed by atoms with Crippen molar-refractivity contribution in [3.63, 3.8) is 0 Å². The van der Waals surface area contributed by atoms with Crippen LogP contribution in [-0.2, 0) is 19.6 Å². The Morgan fingerprint density at radius 2 is 1.86 bits per heavy atom. The average Bonchev–Trinajstić information content (AvgIpc) is 2.31. The minimum atomic E-state index is -3.72. The van der Waals surface area contributed by atoms with Crippen molar-refractivity contribution >= 4 is 39.2 Å². The number of carbonyl (C=O) groups is 1. The molecule has 9 heteroatoms. The lowest BCUT2D eigenvalue weighted by atomic mass is 10.0. The van der Waals surface area contributed by atoms with Crippen molar-refractivity contribution in [1.82, 2.24) is 4.31 Å². The monoisotopic (exact) mass is 353 g/mol. The summed E-state index contributed by atoms with van der Waals surface area (Å²) in [6.45, 7) is 1.35. The molecule has 1 aliphatic rings. The first-order valence-corrected chi connectivity index (χ1v) is 8.14. The van der Waals surface area contributed by atoms with Gasteiger partial charge in [-0.2, -0.15) is 4.31 Å². The second-order valence-corrected chi connectivity index (χ2v) is 7.82. The molecule has 0 radical (unpaired) electrons. The lowest BCUT2D eigenvalue weighted by molar-refractivity contribution is -0.157. The van der Waals surface area contributed by atoms with E-state index in [0.29, 0.717) is 0 Å². The molecular weight excluding hydrogens is 341 g/mol. The highest BCUT2D eigenvalue weighted by molar-refractivity contribution is 7.89. The molecule has 0 amide bonds. The minimum absolute atomic E-state index is 0.000264. The van der Waals surface area contributed by atoms with Crippen molar-refractivity contribution in [2.75, 3.05) is 19.7 Å². The van der Waals surface area contributed by atoms with Crippen LogP contribution in [0.2, 0.25) is 10.0 Å². The zero-order chi connectivity index (χ0) is 15.8. The summed E-state index contributed by atoms with van der Waals surface area (Å²) in [6, 6.07) is 4.07. The molecule has 0 spiro atoms. The minimum Gasteiger partial charge on any atom is -0.480 e. The molecule has 2 rings (SSSR count). The first kappa shape index (κ1) is 16.5.